The quantitative estimate of drug-likeness (QED) is 0.700. The minimum absolute atomic E-state index is 0.198. The molecule has 0 radical (unpaired) electrons. The predicted molar refractivity (Wildman–Crippen MR) is 72.0 cm³/mol. The van der Waals surface area contributed by atoms with Gasteiger partial charge in [0.15, 0.2) is 5.69 Å². The molecular formula is C13H16N4O2. The van der Waals surface area contributed by atoms with Crippen molar-refractivity contribution in [3.05, 3.63) is 42.2 Å². The molecule has 6 nitrogen and oxygen atoms in total. The minimum atomic E-state index is -0.583. The maximum Gasteiger partial charge on any atom is 0.271 e. The SMILES string of the molecule is C[C@@H](O)CNC(=O)c1ccn(-c2cccc(N)c2)n1. The molecule has 1 amide bonds. The highest BCUT2D eigenvalue weighted by molar-refractivity contribution is 5.92. The van der Waals surface area contributed by atoms with E-state index in [1.54, 1.807) is 36.0 Å². The number of nitrogens with one attached hydrogen (secondary N) is 1. The van der Waals surface area contributed by atoms with E-state index < -0.39 is 6.10 Å². The van der Waals surface area contributed by atoms with E-state index in [4.69, 9.17) is 10.8 Å². The Hall–Kier alpha value is -2.34. The van der Waals surface area contributed by atoms with E-state index in [9.17, 15) is 4.79 Å². The molecule has 0 saturated carbocycles. The number of nitrogens with zero attached hydrogens (tertiary/aromatic N) is 2. The second-order valence-corrected chi connectivity index (χ2v) is 4.30. The maximum atomic E-state index is 11.7. The van der Waals surface area contributed by atoms with Crippen molar-refractivity contribution in [1.29, 1.82) is 0 Å². The molecule has 1 heterocycles. The Kier molecular flexibility index (Phi) is 3.82. The van der Waals surface area contributed by atoms with Crippen molar-refractivity contribution in [1.82, 2.24) is 15.1 Å². The summed E-state index contributed by atoms with van der Waals surface area (Å²) in [4.78, 5) is 11.7. The minimum Gasteiger partial charge on any atom is -0.399 e. The van der Waals surface area contributed by atoms with Crippen molar-refractivity contribution in [2.24, 2.45) is 0 Å². The van der Waals surface area contributed by atoms with E-state index in [1.807, 2.05) is 12.1 Å². The van der Waals surface area contributed by atoms with Gasteiger partial charge in [-0.3, -0.25) is 4.79 Å². The standard InChI is InChI=1S/C13H16N4O2/c1-9(18)8-15-13(19)12-5-6-17(16-12)11-4-2-3-10(14)7-11/h2-7,9,18H,8,14H2,1H3,(H,15,19)/t9-/m1/s1. The smallest absolute Gasteiger partial charge is 0.271 e. The fourth-order valence-corrected chi connectivity index (χ4v) is 1.59. The van der Waals surface area contributed by atoms with Crippen LogP contribution in [0.5, 0.6) is 0 Å². The normalized spacial score (nSPS) is 12.1. The third kappa shape index (κ3) is 3.32. The number of aliphatic hydroxyl groups excluding tert-OH is 1. The zero-order valence-corrected chi connectivity index (χ0v) is 10.6. The van der Waals surface area contributed by atoms with Gasteiger partial charge in [0.05, 0.1) is 11.8 Å². The lowest BCUT2D eigenvalue weighted by Crippen LogP contribution is -2.30. The number of carbonyl (C=O) groups is 1. The van der Waals surface area contributed by atoms with Gasteiger partial charge in [-0.05, 0) is 31.2 Å². The van der Waals surface area contributed by atoms with Crippen molar-refractivity contribution in [3.8, 4) is 5.69 Å². The Balaban J connectivity index is 2.13. The Labute approximate surface area is 110 Å². The van der Waals surface area contributed by atoms with E-state index in [0.29, 0.717) is 11.4 Å². The average Bonchev–Trinajstić information content (AvgIpc) is 2.85. The van der Waals surface area contributed by atoms with Crippen molar-refractivity contribution in [2.45, 2.75) is 13.0 Å². The first-order valence-electron chi connectivity index (χ1n) is 5.94. The monoisotopic (exact) mass is 260 g/mol. The first kappa shape index (κ1) is 13.1. The van der Waals surface area contributed by atoms with Crippen LogP contribution in [0, 0.1) is 0 Å². The van der Waals surface area contributed by atoms with E-state index in [0.717, 1.165) is 5.69 Å². The second kappa shape index (κ2) is 5.53. The van der Waals surface area contributed by atoms with Crippen LogP contribution in [0.15, 0.2) is 36.5 Å². The highest BCUT2D eigenvalue weighted by Crippen LogP contribution is 2.11. The van der Waals surface area contributed by atoms with Crippen molar-refractivity contribution in [3.63, 3.8) is 0 Å². The summed E-state index contributed by atoms with van der Waals surface area (Å²) in [7, 11) is 0. The van der Waals surface area contributed by atoms with Gasteiger partial charge in [0.25, 0.3) is 5.91 Å². The van der Waals surface area contributed by atoms with Crippen LogP contribution in [0.4, 0.5) is 5.69 Å². The lowest BCUT2D eigenvalue weighted by molar-refractivity contribution is 0.0918. The zero-order chi connectivity index (χ0) is 13.8. The van der Waals surface area contributed by atoms with E-state index in [2.05, 4.69) is 10.4 Å². The molecule has 0 bridgehead atoms. The van der Waals surface area contributed by atoms with Crippen LogP contribution in [0.3, 0.4) is 0 Å². The Morgan fingerprint density at radius 3 is 3.00 bits per heavy atom. The summed E-state index contributed by atoms with van der Waals surface area (Å²) >= 11 is 0. The highest BCUT2D eigenvalue weighted by Gasteiger charge is 2.10. The van der Waals surface area contributed by atoms with E-state index in [1.165, 1.54) is 0 Å². The van der Waals surface area contributed by atoms with Crippen molar-refractivity contribution >= 4 is 11.6 Å². The van der Waals surface area contributed by atoms with Crippen LogP contribution in [-0.2, 0) is 0 Å². The second-order valence-electron chi connectivity index (χ2n) is 4.30. The van der Waals surface area contributed by atoms with Crippen LogP contribution in [0.2, 0.25) is 0 Å². The molecule has 0 saturated heterocycles. The van der Waals surface area contributed by atoms with Gasteiger partial charge in [0.2, 0.25) is 0 Å². The molecule has 0 aliphatic rings. The number of benzene rings is 1. The van der Waals surface area contributed by atoms with E-state index in [-0.39, 0.29) is 12.5 Å². The van der Waals surface area contributed by atoms with E-state index >= 15 is 0 Å². The maximum absolute atomic E-state index is 11.7. The molecule has 0 unspecified atom stereocenters. The molecule has 4 N–H and O–H groups in total. The summed E-state index contributed by atoms with van der Waals surface area (Å²) in [5.74, 6) is -0.316. The van der Waals surface area contributed by atoms with Gasteiger partial charge in [0, 0.05) is 18.4 Å². The molecule has 100 valence electrons. The highest BCUT2D eigenvalue weighted by atomic mass is 16.3. The number of amides is 1. The lowest BCUT2D eigenvalue weighted by Gasteiger charge is -2.05. The number of aliphatic hydroxyl groups is 1. The van der Waals surface area contributed by atoms with Crippen LogP contribution in [0.25, 0.3) is 5.69 Å². The van der Waals surface area contributed by atoms with Gasteiger partial charge in [0.1, 0.15) is 0 Å². The summed E-state index contributed by atoms with van der Waals surface area (Å²) in [5, 5.41) is 15.9. The third-order valence-corrected chi connectivity index (χ3v) is 2.51. The molecule has 0 fully saturated rings. The molecule has 19 heavy (non-hydrogen) atoms. The first-order valence-corrected chi connectivity index (χ1v) is 5.94. The number of nitrogen functional groups attached to an aromatic ring is 1. The molecular weight excluding hydrogens is 244 g/mol. The average molecular weight is 260 g/mol. The van der Waals surface area contributed by atoms with Crippen molar-refractivity contribution < 1.29 is 9.90 Å². The molecule has 0 spiro atoms. The van der Waals surface area contributed by atoms with Gasteiger partial charge in [-0.1, -0.05) is 6.07 Å². The predicted octanol–water partition coefficient (Wildman–Crippen LogP) is 0.565. The van der Waals surface area contributed by atoms with Crippen LogP contribution >= 0.6 is 0 Å². The summed E-state index contributed by atoms with van der Waals surface area (Å²) < 4.78 is 1.58. The number of carbonyl (C=O) groups excluding carboxylic acids is 1. The molecule has 1 aromatic carbocycles. The van der Waals surface area contributed by atoms with Crippen LogP contribution in [0.1, 0.15) is 17.4 Å². The molecule has 0 aliphatic carbocycles. The molecule has 1 aromatic heterocycles. The van der Waals surface area contributed by atoms with Crippen LogP contribution < -0.4 is 11.1 Å². The number of anilines is 1. The van der Waals surface area contributed by atoms with Crippen LogP contribution in [-0.4, -0.2) is 33.4 Å². The molecule has 1 atom stereocenters. The molecule has 2 rings (SSSR count). The lowest BCUT2D eigenvalue weighted by atomic mass is 10.3. The fraction of sp³-hybridized carbons (Fsp3) is 0.231. The number of aromatic nitrogens is 2. The summed E-state index contributed by atoms with van der Waals surface area (Å²) in [6.07, 6.45) is 1.10. The third-order valence-electron chi connectivity index (χ3n) is 2.51. The topological polar surface area (TPSA) is 93.2 Å². The Morgan fingerprint density at radius 2 is 2.32 bits per heavy atom. The van der Waals surface area contributed by atoms with Gasteiger partial charge >= 0.3 is 0 Å². The number of hydrogen-bond acceptors (Lipinski definition) is 4. The summed E-state index contributed by atoms with van der Waals surface area (Å²) in [5.41, 5.74) is 7.41. The van der Waals surface area contributed by atoms with Gasteiger partial charge in [-0.15, -0.1) is 0 Å². The number of nitrogens with two attached hydrogens (primary N) is 1. The first-order chi connectivity index (χ1) is 9.06. The van der Waals surface area contributed by atoms with Gasteiger partial charge in [-0.2, -0.15) is 5.10 Å². The van der Waals surface area contributed by atoms with Gasteiger partial charge < -0.3 is 16.2 Å². The number of rotatable bonds is 4. The fourth-order valence-electron chi connectivity index (χ4n) is 1.59. The Morgan fingerprint density at radius 1 is 1.53 bits per heavy atom. The molecule has 6 heteroatoms. The van der Waals surface area contributed by atoms with Crippen molar-refractivity contribution in [2.75, 3.05) is 12.3 Å². The zero-order valence-electron chi connectivity index (χ0n) is 10.6. The van der Waals surface area contributed by atoms with Gasteiger partial charge in [-0.25, -0.2) is 4.68 Å². The Bertz CT molecular complexity index is 578. The molecule has 0 aliphatic heterocycles. The molecule has 2 aromatic rings. The summed E-state index contributed by atoms with van der Waals surface area (Å²) in [6, 6.07) is 8.83. The largest absolute Gasteiger partial charge is 0.399 e. The summed E-state index contributed by atoms with van der Waals surface area (Å²) in [6.45, 7) is 1.80. The number of hydrogen-bond donors (Lipinski definition) is 3.